The molecule has 0 unspecified atom stereocenters. The monoisotopic (exact) mass is 369 g/mol. The Bertz CT molecular complexity index is 336. The Balaban J connectivity index is 1.96. The maximum absolute atomic E-state index is 10.3. The van der Waals surface area contributed by atoms with Crippen LogP contribution in [0.1, 0.15) is 125 Å². The summed E-state index contributed by atoms with van der Waals surface area (Å²) >= 11 is 0. The van der Waals surface area contributed by atoms with Gasteiger partial charge in [0.15, 0.2) is 0 Å². The lowest BCUT2D eigenvalue weighted by Gasteiger charge is -2.51. The molecular formula is C23H47NO2. The van der Waals surface area contributed by atoms with E-state index in [-0.39, 0.29) is 17.2 Å². The number of ether oxygens (including phenoxy) is 1. The molecule has 1 aliphatic heterocycles. The van der Waals surface area contributed by atoms with Crippen LogP contribution >= 0.6 is 0 Å². The third kappa shape index (κ3) is 9.19. The van der Waals surface area contributed by atoms with E-state index in [9.17, 15) is 5.21 Å². The molecule has 0 aromatic rings. The van der Waals surface area contributed by atoms with Crippen LogP contribution in [0.3, 0.4) is 0 Å². The number of unbranched alkanes of at least 4 members (excludes halogenated alkanes) is 11. The maximum Gasteiger partial charge on any atom is 0.0611 e. The Kier molecular flexibility index (Phi) is 11.4. The van der Waals surface area contributed by atoms with E-state index in [1.807, 2.05) is 0 Å². The Hall–Kier alpha value is -0.120. The second-order valence-electron chi connectivity index (χ2n) is 9.73. The SMILES string of the molecule is CCCCCCCCCCCCCCOC1CC(C)(C)N(O)C(C)(C)C1. The van der Waals surface area contributed by atoms with Crippen LogP contribution in [0.5, 0.6) is 0 Å². The summed E-state index contributed by atoms with van der Waals surface area (Å²) in [6.45, 7) is 11.6. The van der Waals surface area contributed by atoms with Gasteiger partial charge >= 0.3 is 0 Å². The molecule has 1 N–H and O–H groups in total. The van der Waals surface area contributed by atoms with Crippen molar-refractivity contribution in [3.63, 3.8) is 0 Å². The molecule has 0 radical (unpaired) electrons. The van der Waals surface area contributed by atoms with E-state index in [4.69, 9.17) is 4.74 Å². The zero-order chi connectivity index (χ0) is 19.5. The number of piperidine rings is 1. The second kappa shape index (κ2) is 12.4. The summed E-state index contributed by atoms with van der Waals surface area (Å²) < 4.78 is 6.16. The van der Waals surface area contributed by atoms with Gasteiger partial charge in [0.1, 0.15) is 0 Å². The average molecular weight is 370 g/mol. The Morgan fingerprint density at radius 3 is 1.54 bits per heavy atom. The molecular weight excluding hydrogens is 322 g/mol. The zero-order valence-corrected chi connectivity index (χ0v) is 18.5. The molecule has 0 bridgehead atoms. The van der Waals surface area contributed by atoms with E-state index in [0.717, 1.165) is 19.4 Å². The summed E-state index contributed by atoms with van der Waals surface area (Å²) in [6, 6.07) is 0. The lowest BCUT2D eigenvalue weighted by Crippen LogP contribution is -2.60. The van der Waals surface area contributed by atoms with Gasteiger partial charge in [-0.25, -0.2) is 0 Å². The summed E-state index contributed by atoms with van der Waals surface area (Å²) in [5.41, 5.74) is -0.411. The van der Waals surface area contributed by atoms with Gasteiger partial charge in [0.05, 0.1) is 6.10 Å². The molecule has 156 valence electrons. The van der Waals surface area contributed by atoms with Crippen LogP contribution in [0.4, 0.5) is 0 Å². The highest BCUT2D eigenvalue weighted by molar-refractivity contribution is 4.96. The van der Waals surface area contributed by atoms with Crippen molar-refractivity contribution in [3.8, 4) is 0 Å². The summed E-state index contributed by atoms with van der Waals surface area (Å²) in [6.07, 6.45) is 18.6. The first-order chi connectivity index (χ1) is 12.3. The van der Waals surface area contributed by atoms with Crippen LogP contribution in [0.2, 0.25) is 0 Å². The van der Waals surface area contributed by atoms with Gasteiger partial charge in [0.2, 0.25) is 0 Å². The topological polar surface area (TPSA) is 32.7 Å². The van der Waals surface area contributed by atoms with Crippen molar-refractivity contribution in [2.75, 3.05) is 6.61 Å². The molecule has 3 nitrogen and oxygen atoms in total. The first kappa shape index (κ1) is 23.9. The molecule has 0 aromatic carbocycles. The third-order valence-electron chi connectivity index (χ3n) is 5.95. The van der Waals surface area contributed by atoms with E-state index in [1.54, 1.807) is 0 Å². The third-order valence-corrected chi connectivity index (χ3v) is 5.95. The van der Waals surface area contributed by atoms with Gasteiger partial charge in [-0.1, -0.05) is 77.6 Å². The summed E-state index contributed by atoms with van der Waals surface area (Å²) in [5.74, 6) is 0. The van der Waals surface area contributed by atoms with E-state index < -0.39 is 0 Å². The van der Waals surface area contributed by atoms with Crippen LogP contribution in [-0.4, -0.2) is 34.1 Å². The Labute approximate surface area is 163 Å². The lowest BCUT2D eigenvalue weighted by atomic mass is 9.80. The number of nitrogens with zero attached hydrogens (tertiary/aromatic N) is 1. The largest absolute Gasteiger partial charge is 0.378 e. The fourth-order valence-electron chi connectivity index (χ4n) is 4.49. The second-order valence-corrected chi connectivity index (χ2v) is 9.73. The van der Waals surface area contributed by atoms with Gasteiger partial charge < -0.3 is 9.94 Å². The van der Waals surface area contributed by atoms with Crippen LogP contribution in [0.25, 0.3) is 0 Å². The number of rotatable bonds is 14. The van der Waals surface area contributed by atoms with Crippen molar-refractivity contribution in [2.45, 2.75) is 142 Å². The summed E-state index contributed by atoms with van der Waals surface area (Å²) in [4.78, 5) is 0. The molecule has 3 heteroatoms. The molecule has 0 atom stereocenters. The van der Waals surface area contributed by atoms with Crippen molar-refractivity contribution in [1.82, 2.24) is 5.06 Å². The van der Waals surface area contributed by atoms with Crippen LogP contribution in [0, 0.1) is 0 Å². The van der Waals surface area contributed by atoms with Gasteiger partial charge in [-0.15, -0.1) is 0 Å². The van der Waals surface area contributed by atoms with E-state index in [0.29, 0.717) is 0 Å². The highest BCUT2D eigenvalue weighted by atomic mass is 16.5. The number of hydroxylamine groups is 2. The first-order valence-electron chi connectivity index (χ1n) is 11.4. The Morgan fingerprint density at radius 1 is 0.731 bits per heavy atom. The first-order valence-corrected chi connectivity index (χ1v) is 11.4. The van der Waals surface area contributed by atoms with Crippen molar-refractivity contribution >= 4 is 0 Å². The minimum atomic E-state index is -0.205. The van der Waals surface area contributed by atoms with Crippen molar-refractivity contribution < 1.29 is 9.94 Å². The molecule has 0 saturated carbocycles. The number of hydrogen-bond donors (Lipinski definition) is 1. The highest BCUT2D eigenvalue weighted by Crippen LogP contribution is 2.37. The summed E-state index contributed by atoms with van der Waals surface area (Å²) in [5, 5.41) is 11.9. The average Bonchev–Trinajstić information content (AvgIpc) is 2.56. The molecule has 1 saturated heterocycles. The van der Waals surface area contributed by atoms with Gasteiger partial charge in [0, 0.05) is 17.7 Å². The van der Waals surface area contributed by atoms with E-state index in [2.05, 4.69) is 34.6 Å². The molecule has 1 fully saturated rings. The van der Waals surface area contributed by atoms with Crippen LogP contribution < -0.4 is 0 Å². The van der Waals surface area contributed by atoms with E-state index in [1.165, 1.54) is 82.1 Å². The lowest BCUT2D eigenvalue weighted by molar-refractivity contribution is -0.261. The van der Waals surface area contributed by atoms with E-state index >= 15 is 0 Å². The van der Waals surface area contributed by atoms with Crippen molar-refractivity contribution in [3.05, 3.63) is 0 Å². The molecule has 0 amide bonds. The maximum atomic E-state index is 10.3. The minimum absolute atomic E-state index is 0.205. The molecule has 0 aromatic heterocycles. The van der Waals surface area contributed by atoms with Crippen LogP contribution in [-0.2, 0) is 4.74 Å². The fourth-order valence-corrected chi connectivity index (χ4v) is 4.49. The zero-order valence-electron chi connectivity index (χ0n) is 18.5. The smallest absolute Gasteiger partial charge is 0.0611 e. The fraction of sp³-hybridized carbons (Fsp3) is 1.00. The predicted octanol–water partition coefficient (Wildman–Crippen LogP) is 7.11. The molecule has 1 rings (SSSR count). The van der Waals surface area contributed by atoms with Gasteiger partial charge in [0.25, 0.3) is 0 Å². The normalized spacial score (nSPS) is 20.5. The number of hydrogen-bond acceptors (Lipinski definition) is 3. The van der Waals surface area contributed by atoms with Gasteiger partial charge in [-0.3, -0.25) is 0 Å². The van der Waals surface area contributed by atoms with Crippen molar-refractivity contribution in [1.29, 1.82) is 0 Å². The molecule has 26 heavy (non-hydrogen) atoms. The standard InChI is InChI=1S/C23H47NO2/c1-6-7-8-9-10-11-12-13-14-15-16-17-18-26-21-19-22(2,3)24(25)23(4,5)20-21/h21,25H,6-20H2,1-5H3. The predicted molar refractivity (Wildman–Crippen MR) is 112 cm³/mol. The Morgan fingerprint density at radius 2 is 1.12 bits per heavy atom. The molecule has 1 aliphatic rings. The highest BCUT2D eigenvalue weighted by Gasteiger charge is 2.45. The van der Waals surface area contributed by atoms with Gasteiger partial charge in [-0.2, -0.15) is 5.06 Å². The quantitative estimate of drug-likeness (QED) is 0.331. The minimum Gasteiger partial charge on any atom is -0.378 e. The molecule has 0 aliphatic carbocycles. The van der Waals surface area contributed by atoms with Crippen LogP contribution in [0.15, 0.2) is 0 Å². The summed E-state index contributed by atoms with van der Waals surface area (Å²) in [7, 11) is 0. The molecule has 1 heterocycles. The molecule has 0 spiro atoms. The van der Waals surface area contributed by atoms with Gasteiger partial charge in [-0.05, 0) is 47.0 Å². The van der Waals surface area contributed by atoms with Crippen molar-refractivity contribution in [2.24, 2.45) is 0 Å².